The zero-order valence-electron chi connectivity index (χ0n) is 17.5. The van der Waals surface area contributed by atoms with Gasteiger partial charge in [-0.25, -0.2) is 18.4 Å². The topological polar surface area (TPSA) is 123 Å². The molecule has 33 heavy (non-hydrogen) atoms. The molecule has 0 saturated heterocycles. The highest BCUT2D eigenvalue weighted by Gasteiger charge is 2.23. The molecule has 0 spiro atoms. The van der Waals surface area contributed by atoms with E-state index in [1.54, 1.807) is 25.3 Å². The molecular weight excluding hydrogens is 495 g/mol. The number of nitrogens with one attached hydrogen (secondary N) is 2. The van der Waals surface area contributed by atoms with Crippen LogP contribution in [0.25, 0.3) is 10.6 Å². The molecule has 0 aliphatic rings. The predicted molar refractivity (Wildman–Crippen MR) is 124 cm³/mol. The molecule has 176 valence electrons. The lowest BCUT2D eigenvalue weighted by molar-refractivity contribution is 0.0951. The molecule has 1 aromatic carbocycles. The number of rotatable bonds is 10. The fraction of sp³-hybridized carbons (Fsp3) is 0.263. The summed E-state index contributed by atoms with van der Waals surface area (Å²) in [7, 11) is -4.70. The Labute approximate surface area is 194 Å². The molecule has 2 N–H and O–H groups in total. The monoisotopic (exact) mass is 515 g/mol. The normalized spacial score (nSPS) is 12.8. The summed E-state index contributed by atoms with van der Waals surface area (Å²) in [5.74, 6) is -3.84. The Kier molecular flexibility index (Phi) is 8.22. The van der Waals surface area contributed by atoms with Crippen LogP contribution in [0.5, 0.6) is 5.88 Å². The molecule has 0 saturated carbocycles. The lowest BCUT2D eigenvalue weighted by Crippen LogP contribution is -2.30. The number of sulfonamides is 1. The van der Waals surface area contributed by atoms with Crippen molar-refractivity contribution in [3.63, 3.8) is 0 Å². The van der Waals surface area contributed by atoms with Crippen molar-refractivity contribution < 1.29 is 26.7 Å². The number of ether oxygens (including phenoxy) is 1. The minimum atomic E-state index is -4.75. The smallest absolute Gasteiger partial charge is 0.355 e. The molecule has 0 fully saturated rings. The van der Waals surface area contributed by atoms with Crippen LogP contribution >= 0.6 is 19.9 Å². The summed E-state index contributed by atoms with van der Waals surface area (Å²) in [6.07, 6.45) is 4.58. The van der Waals surface area contributed by atoms with Crippen LogP contribution in [0.3, 0.4) is 0 Å². The van der Waals surface area contributed by atoms with Gasteiger partial charge in [-0.15, -0.1) is 11.3 Å². The highest BCUT2D eigenvalue weighted by molar-refractivity contribution is 7.93. The number of anilines is 1. The molecule has 2 heterocycles. The molecular formula is C19H20F2N5O4PS2. The highest BCUT2D eigenvalue weighted by Crippen LogP contribution is 2.26. The molecule has 0 aliphatic heterocycles. The second-order valence-corrected chi connectivity index (χ2v) is 10.9. The van der Waals surface area contributed by atoms with E-state index in [0.717, 1.165) is 11.3 Å². The summed E-state index contributed by atoms with van der Waals surface area (Å²) in [4.78, 5) is 25.8. The Hall–Kier alpha value is -2.76. The van der Waals surface area contributed by atoms with Crippen LogP contribution in [0.2, 0.25) is 0 Å². The van der Waals surface area contributed by atoms with Gasteiger partial charge in [0.15, 0.2) is 5.01 Å². The van der Waals surface area contributed by atoms with E-state index in [0.29, 0.717) is 28.4 Å². The Morgan fingerprint density at radius 2 is 2.06 bits per heavy atom. The maximum Gasteiger partial charge on any atom is 0.355 e. The van der Waals surface area contributed by atoms with E-state index in [-0.39, 0.29) is 31.0 Å². The number of carbonyl (C=O) groups excluding carboxylic acids is 1. The van der Waals surface area contributed by atoms with Crippen molar-refractivity contribution in [1.29, 1.82) is 0 Å². The predicted octanol–water partition coefficient (Wildman–Crippen LogP) is 3.04. The molecule has 2 atom stereocenters. The average Bonchev–Trinajstić information content (AvgIpc) is 3.24. The van der Waals surface area contributed by atoms with Gasteiger partial charge in [-0.1, -0.05) is 20.7 Å². The first kappa shape index (κ1) is 24.9. The minimum Gasteiger partial charge on any atom is -0.477 e. The molecule has 14 heteroatoms. The summed E-state index contributed by atoms with van der Waals surface area (Å²) in [5, 5.41) is 3.75. The molecule has 0 radical (unpaired) electrons. The molecule has 1 unspecified atom stereocenters. The van der Waals surface area contributed by atoms with E-state index in [2.05, 4.69) is 20.3 Å². The summed E-state index contributed by atoms with van der Waals surface area (Å²) in [5.41, 5.74) is 0.564. The maximum atomic E-state index is 12.6. The van der Waals surface area contributed by atoms with Crippen LogP contribution in [0, 0.1) is 0 Å². The fourth-order valence-corrected chi connectivity index (χ4v) is 5.06. The van der Waals surface area contributed by atoms with Crippen LogP contribution in [0.15, 0.2) is 42.9 Å². The molecule has 3 rings (SSSR count). The number of benzene rings is 1. The number of hydrogen-bond acceptors (Lipinski definition) is 8. The number of halogens is 2. The van der Waals surface area contributed by atoms with Crippen LogP contribution in [0.4, 0.5) is 14.5 Å². The SMILES string of the molecule is CCOc1cncc(-c2cnc(C(=O)N[C@H](C)Pc3cccc(NS(=O)(=O)C(F)F)c3)s2)n1. The van der Waals surface area contributed by atoms with Crippen molar-refractivity contribution in [2.24, 2.45) is 0 Å². The molecule has 3 aromatic rings. The van der Waals surface area contributed by atoms with E-state index in [4.69, 9.17) is 4.74 Å². The number of amides is 1. The van der Waals surface area contributed by atoms with E-state index in [1.807, 2.05) is 11.6 Å². The van der Waals surface area contributed by atoms with E-state index in [1.165, 1.54) is 24.5 Å². The van der Waals surface area contributed by atoms with Crippen molar-refractivity contribution in [3.05, 3.63) is 47.9 Å². The third-order valence-corrected chi connectivity index (χ3v) is 7.17. The number of thiazole rings is 1. The summed E-state index contributed by atoms with van der Waals surface area (Å²) in [6, 6.07) is 6.09. The Morgan fingerprint density at radius 3 is 2.79 bits per heavy atom. The maximum absolute atomic E-state index is 12.6. The van der Waals surface area contributed by atoms with Gasteiger partial charge in [0, 0.05) is 17.7 Å². The first-order chi connectivity index (χ1) is 15.7. The van der Waals surface area contributed by atoms with Crippen LogP contribution in [-0.4, -0.2) is 47.4 Å². The molecule has 2 aromatic heterocycles. The van der Waals surface area contributed by atoms with Gasteiger partial charge in [0.25, 0.3) is 15.9 Å². The fourth-order valence-electron chi connectivity index (χ4n) is 2.61. The minimum absolute atomic E-state index is 0.0267. The zero-order valence-corrected chi connectivity index (χ0v) is 20.1. The lowest BCUT2D eigenvalue weighted by atomic mass is 10.3. The molecule has 9 nitrogen and oxygen atoms in total. The van der Waals surface area contributed by atoms with E-state index in [9.17, 15) is 22.0 Å². The number of hydrogen-bond donors (Lipinski definition) is 2. The Balaban J connectivity index is 1.63. The lowest BCUT2D eigenvalue weighted by Gasteiger charge is -2.14. The first-order valence-corrected chi connectivity index (χ1v) is 13.0. The summed E-state index contributed by atoms with van der Waals surface area (Å²) in [6.45, 7) is 4.06. The van der Waals surface area contributed by atoms with E-state index < -0.39 is 15.8 Å². The van der Waals surface area contributed by atoms with Crippen LogP contribution in [-0.2, 0) is 10.0 Å². The third kappa shape index (κ3) is 6.86. The number of nitrogens with zero attached hydrogens (tertiary/aromatic N) is 3. The molecule has 0 aliphatic carbocycles. The highest BCUT2D eigenvalue weighted by atomic mass is 32.2. The number of alkyl halides is 2. The van der Waals surface area contributed by atoms with Gasteiger partial charge in [0.2, 0.25) is 5.88 Å². The standard InChI is InChI=1S/C19H20F2N5O4PS2/c1-3-30-16-10-22-8-14(25-16)15-9-23-18(32-15)17(27)24-11(2)31-13-6-4-5-12(7-13)26-33(28,29)19(20)21/h4-11,19,26,31H,3H2,1-2H3,(H,24,27)/t11-/m0/s1. The van der Waals surface area contributed by atoms with Gasteiger partial charge >= 0.3 is 5.76 Å². The summed E-state index contributed by atoms with van der Waals surface area (Å²) >= 11 is 1.15. The van der Waals surface area contributed by atoms with Gasteiger partial charge in [-0.3, -0.25) is 14.5 Å². The van der Waals surface area contributed by atoms with Gasteiger partial charge in [0.1, 0.15) is 5.69 Å². The van der Waals surface area contributed by atoms with Crippen molar-refractivity contribution >= 4 is 46.8 Å². The second-order valence-electron chi connectivity index (χ2n) is 6.53. The largest absolute Gasteiger partial charge is 0.477 e. The van der Waals surface area contributed by atoms with Crippen LogP contribution < -0.4 is 20.1 Å². The quantitative estimate of drug-likeness (QED) is 0.398. The average molecular weight is 516 g/mol. The Morgan fingerprint density at radius 1 is 1.27 bits per heavy atom. The van der Waals surface area contributed by atoms with Gasteiger partial charge in [-0.2, -0.15) is 8.78 Å². The van der Waals surface area contributed by atoms with E-state index >= 15 is 0 Å². The van der Waals surface area contributed by atoms with Crippen LogP contribution in [0.1, 0.15) is 23.6 Å². The number of carbonyl (C=O) groups is 1. The first-order valence-electron chi connectivity index (χ1n) is 9.56. The zero-order chi connectivity index (χ0) is 24.0. The number of aromatic nitrogens is 3. The van der Waals surface area contributed by atoms with Crippen molar-refractivity contribution in [3.8, 4) is 16.5 Å². The van der Waals surface area contributed by atoms with Crippen molar-refractivity contribution in [1.82, 2.24) is 20.3 Å². The van der Waals surface area contributed by atoms with Gasteiger partial charge < -0.3 is 10.1 Å². The van der Waals surface area contributed by atoms with Crippen molar-refractivity contribution in [2.75, 3.05) is 11.3 Å². The molecule has 1 amide bonds. The van der Waals surface area contributed by atoms with Gasteiger partial charge in [-0.05, 0) is 31.3 Å². The molecule has 0 bridgehead atoms. The summed E-state index contributed by atoms with van der Waals surface area (Å²) < 4.78 is 55.0. The van der Waals surface area contributed by atoms with Crippen molar-refractivity contribution in [2.45, 2.75) is 25.4 Å². The third-order valence-electron chi connectivity index (χ3n) is 3.95. The second kappa shape index (κ2) is 10.9. The van der Waals surface area contributed by atoms with Gasteiger partial charge in [0.05, 0.1) is 23.9 Å². The Bertz CT molecular complexity index is 1230.